The predicted molar refractivity (Wildman–Crippen MR) is 48.2 cm³/mol. The maximum absolute atomic E-state index is 5.99. The second-order valence-electron chi connectivity index (χ2n) is 3.18. The fourth-order valence-electron chi connectivity index (χ4n) is 1.01. The van der Waals surface area contributed by atoms with Crippen LogP contribution in [-0.4, -0.2) is 17.1 Å². The van der Waals surface area contributed by atoms with Gasteiger partial charge in [0.15, 0.2) is 0 Å². The maximum Gasteiger partial charge on any atom is 0.0484 e. The number of hydrogen-bond donors (Lipinski definition) is 0. The van der Waals surface area contributed by atoms with E-state index in [1.165, 1.54) is 0 Å². The average molecular weight is 162 g/mol. The Labute approximate surface area is 68.5 Å². The van der Waals surface area contributed by atoms with E-state index in [-0.39, 0.29) is 4.87 Å². The molecule has 0 saturated heterocycles. The molecule has 0 fully saturated rings. The molecular weight excluding hydrogens is 146 g/mol. The summed E-state index contributed by atoms with van der Waals surface area (Å²) in [5.41, 5.74) is 0. The largest absolute Gasteiger partial charge is 0.295 e. The van der Waals surface area contributed by atoms with Crippen molar-refractivity contribution in [2.45, 2.75) is 45.0 Å². The van der Waals surface area contributed by atoms with E-state index in [2.05, 4.69) is 11.9 Å². The van der Waals surface area contributed by atoms with Gasteiger partial charge in [-0.3, -0.25) is 4.99 Å². The third-order valence-electron chi connectivity index (χ3n) is 1.18. The first kappa shape index (κ1) is 9.96. The van der Waals surface area contributed by atoms with Crippen LogP contribution in [0.1, 0.15) is 34.1 Å². The zero-order valence-corrected chi connectivity index (χ0v) is 7.94. The number of nitrogens with zero attached hydrogens (tertiary/aromatic N) is 1. The minimum Gasteiger partial charge on any atom is -0.295 e. The van der Waals surface area contributed by atoms with Gasteiger partial charge in [0.25, 0.3) is 0 Å². The molecule has 60 valence electrons. The summed E-state index contributed by atoms with van der Waals surface area (Å²) < 4.78 is 0. The maximum atomic E-state index is 5.99. The molecule has 0 heterocycles. The van der Waals surface area contributed by atoms with Crippen LogP contribution in [0.15, 0.2) is 4.99 Å². The molecule has 0 saturated carbocycles. The predicted octanol–water partition coefficient (Wildman–Crippen LogP) is 2.87. The van der Waals surface area contributed by atoms with Crippen LogP contribution < -0.4 is 0 Å². The van der Waals surface area contributed by atoms with E-state index in [1.807, 2.05) is 27.0 Å². The van der Waals surface area contributed by atoms with E-state index in [9.17, 15) is 0 Å². The Morgan fingerprint density at radius 3 is 2.40 bits per heavy atom. The minimum atomic E-state index is -0.119. The zero-order chi connectivity index (χ0) is 8.20. The van der Waals surface area contributed by atoms with Gasteiger partial charge in [0.1, 0.15) is 0 Å². The van der Waals surface area contributed by atoms with Gasteiger partial charge in [0.2, 0.25) is 0 Å². The molecule has 0 bridgehead atoms. The van der Waals surface area contributed by atoms with Crippen LogP contribution in [0.3, 0.4) is 0 Å². The molecule has 2 heteroatoms. The zero-order valence-electron chi connectivity index (χ0n) is 7.19. The Morgan fingerprint density at radius 1 is 1.60 bits per heavy atom. The molecule has 1 nitrogen and oxygen atoms in total. The van der Waals surface area contributed by atoms with Crippen LogP contribution in [0.2, 0.25) is 0 Å². The lowest BCUT2D eigenvalue weighted by atomic mass is 10.1. The summed E-state index contributed by atoms with van der Waals surface area (Å²) in [6.45, 7) is 8.02. The molecule has 1 unspecified atom stereocenters. The second kappa shape index (κ2) is 3.97. The summed E-state index contributed by atoms with van der Waals surface area (Å²) in [6.07, 6.45) is 2.76. The number of hydrogen-bond acceptors (Lipinski definition) is 1. The van der Waals surface area contributed by atoms with E-state index >= 15 is 0 Å². The number of halogens is 1. The molecule has 0 rings (SSSR count). The van der Waals surface area contributed by atoms with E-state index in [0.29, 0.717) is 6.04 Å². The molecule has 0 spiro atoms. The van der Waals surface area contributed by atoms with Gasteiger partial charge in [0.05, 0.1) is 0 Å². The van der Waals surface area contributed by atoms with E-state index in [0.717, 1.165) is 6.42 Å². The molecule has 0 aliphatic rings. The molecule has 0 aromatic rings. The molecule has 0 aliphatic carbocycles. The molecule has 10 heavy (non-hydrogen) atoms. The molecule has 0 amide bonds. The van der Waals surface area contributed by atoms with Crippen LogP contribution in [-0.2, 0) is 0 Å². The van der Waals surface area contributed by atoms with Gasteiger partial charge in [0, 0.05) is 10.9 Å². The lowest BCUT2D eigenvalue weighted by Gasteiger charge is -2.17. The third-order valence-corrected chi connectivity index (χ3v) is 1.34. The smallest absolute Gasteiger partial charge is 0.0484 e. The number of alkyl halides is 1. The summed E-state index contributed by atoms with van der Waals surface area (Å²) in [5, 5.41) is 0. The monoisotopic (exact) mass is 161 g/mol. The lowest BCUT2D eigenvalue weighted by Crippen LogP contribution is -2.17. The van der Waals surface area contributed by atoms with Gasteiger partial charge in [-0.05, 0) is 40.3 Å². The van der Waals surface area contributed by atoms with Gasteiger partial charge in [-0.1, -0.05) is 0 Å². The van der Waals surface area contributed by atoms with Gasteiger partial charge < -0.3 is 0 Å². The second-order valence-corrected chi connectivity index (χ2v) is 4.20. The highest BCUT2D eigenvalue weighted by atomic mass is 35.5. The summed E-state index contributed by atoms with van der Waals surface area (Å²) in [6, 6.07) is 0.345. The van der Waals surface area contributed by atoms with Crippen molar-refractivity contribution in [3.8, 4) is 0 Å². The Kier molecular flexibility index (Phi) is 3.95. The van der Waals surface area contributed by atoms with Crippen LogP contribution in [0.4, 0.5) is 0 Å². The van der Waals surface area contributed by atoms with E-state index in [4.69, 9.17) is 11.6 Å². The van der Waals surface area contributed by atoms with E-state index in [1.54, 1.807) is 0 Å². The summed E-state index contributed by atoms with van der Waals surface area (Å²) in [7, 11) is 0. The summed E-state index contributed by atoms with van der Waals surface area (Å²) in [5.74, 6) is 0. The van der Waals surface area contributed by atoms with Gasteiger partial charge >= 0.3 is 0 Å². The van der Waals surface area contributed by atoms with Crippen LogP contribution in [0.25, 0.3) is 0 Å². The number of rotatable bonds is 3. The molecule has 0 aliphatic heterocycles. The first-order valence-electron chi connectivity index (χ1n) is 3.62. The van der Waals surface area contributed by atoms with Crippen molar-refractivity contribution in [2.75, 3.05) is 0 Å². The van der Waals surface area contributed by atoms with Crippen LogP contribution >= 0.6 is 11.6 Å². The standard InChI is InChI=1S/C8H16ClN/c1-5-10-7(2)6-8(3,4)9/h5,7H,6H2,1-4H3. The Balaban J connectivity index is 3.68. The summed E-state index contributed by atoms with van der Waals surface area (Å²) >= 11 is 5.99. The molecule has 0 aromatic carbocycles. The number of aliphatic imine (C=N–C) groups is 1. The lowest BCUT2D eigenvalue weighted by molar-refractivity contribution is 0.554. The van der Waals surface area contributed by atoms with E-state index < -0.39 is 0 Å². The first-order valence-corrected chi connectivity index (χ1v) is 4.00. The Morgan fingerprint density at radius 2 is 2.10 bits per heavy atom. The fourth-order valence-corrected chi connectivity index (χ4v) is 1.23. The van der Waals surface area contributed by atoms with Gasteiger partial charge in [-0.25, -0.2) is 0 Å². The highest BCUT2D eigenvalue weighted by Gasteiger charge is 2.16. The van der Waals surface area contributed by atoms with Crippen molar-refractivity contribution in [2.24, 2.45) is 4.99 Å². The quantitative estimate of drug-likeness (QED) is 0.446. The van der Waals surface area contributed by atoms with Crippen molar-refractivity contribution in [1.29, 1.82) is 0 Å². The SMILES string of the molecule is CC=NC(C)CC(C)(C)Cl. The van der Waals surface area contributed by atoms with Crippen molar-refractivity contribution >= 4 is 17.8 Å². The highest BCUT2D eigenvalue weighted by molar-refractivity contribution is 6.23. The van der Waals surface area contributed by atoms with Crippen LogP contribution in [0, 0.1) is 0 Å². The average Bonchev–Trinajstić information content (AvgIpc) is 1.59. The normalized spacial score (nSPS) is 16.1. The van der Waals surface area contributed by atoms with Crippen molar-refractivity contribution < 1.29 is 0 Å². The Hall–Kier alpha value is -0.0400. The van der Waals surface area contributed by atoms with Crippen molar-refractivity contribution in [3.63, 3.8) is 0 Å². The molecular formula is C8H16ClN. The van der Waals surface area contributed by atoms with Crippen molar-refractivity contribution in [1.82, 2.24) is 0 Å². The Bertz CT molecular complexity index is 113. The van der Waals surface area contributed by atoms with Gasteiger partial charge in [-0.15, -0.1) is 11.6 Å². The fraction of sp³-hybridized carbons (Fsp3) is 0.875. The minimum absolute atomic E-state index is 0.119. The highest BCUT2D eigenvalue weighted by Crippen LogP contribution is 2.20. The third kappa shape index (κ3) is 6.09. The molecule has 1 atom stereocenters. The first-order chi connectivity index (χ1) is 4.45. The summed E-state index contributed by atoms with van der Waals surface area (Å²) in [4.78, 5) is 4.08. The molecule has 0 radical (unpaired) electrons. The molecule has 0 aromatic heterocycles. The van der Waals surface area contributed by atoms with Gasteiger partial charge in [-0.2, -0.15) is 0 Å². The topological polar surface area (TPSA) is 12.4 Å². The molecule has 0 N–H and O–H groups in total. The van der Waals surface area contributed by atoms with Crippen molar-refractivity contribution in [3.05, 3.63) is 0 Å². The van der Waals surface area contributed by atoms with Crippen LogP contribution in [0.5, 0.6) is 0 Å².